The first kappa shape index (κ1) is 28.6. The standard InChI is InChI=1S/C23H33F4N3O5S/c1-14-10-20(28-36(32,33)29(2)3)21(30(14)23(31)35-13-22(26)27)12-34-17-7-4-15(5-8-17)18-11-16(24)6-9-19(18)25/h6,9,11,14-15,17,20-22,28H,4-5,7-8,10,12-13H2,1-3H3/t14-,15?,17?,20+,21+/m1/s1. The molecule has 1 saturated heterocycles. The molecule has 1 N–H and O–H groups in total. The molecule has 1 aliphatic carbocycles. The van der Waals surface area contributed by atoms with Gasteiger partial charge in [0.1, 0.15) is 11.6 Å². The molecule has 8 nitrogen and oxygen atoms in total. The second-order valence-electron chi connectivity index (χ2n) is 9.51. The largest absolute Gasteiger partial charge is 0.443 e. The fourth-order valence-corrected chi connectivity index (χ4v) is 5.75. The van der Waals surface area contributed by atoms with Crippen LogP contribution in [0.3, 0.4) is 0 Å². The third-order valence-corrected chi connectivity index (χ3v) is 8.35. The summed E-state index contributed by atoms with van der Waals surface area (Å²) in [6.07, 6.45) is -1.52. The fraction of sp³-hybridized carbons (Fsp3) is 0.696. The van der Waals surface area contributed by atoms with E-state index in [1.807, 2.05) is 0 Å². The molecule has 0 unspecified atom stereocenters. The van der Waals surface area contributed by atoms with Crippen LogP contribution in [0.1, 0.15) is 50.5 Å². The van der Waals surface area contributed by atoms with Gasteiger partial charge in [-0.05, 0) is 68.7 Å². The van der Waals surface area contributed by atoms with Gasteiger partial charge >= 0.3 is 6.09 Å². The quantitative estimate of drug-likeness (QED) is 0.485. The summed E-state index contributed by atoms with van der Waals surface area (Å²) in [6.45, 7) is 0.572. The minimum Gasteiger partial charge on any atom is -0.443 e. The maximum Gasteiger partial charge on any atom is 0.410 e. The average molecular weight is 540 g/mol. The molecule has 204 valence electrons. The summed E-state index contributed by atoms with van der Waals surface area (Å²) in [5.41, 5.74) is 0.337. The van der Waals surface area contributed by atoms with E-state index in [2.05, 4.69) is 4.72 Å². The van der Waals surface area contributed by atoms with Gasteiger partial charge < -0.3 is 9.47 Å². The summed E-state index contributed by atoms with van der Waals surface area (Å²) in [6, 6.07) is 1.43. The molecule has 1 amide bonds. The zero-order chi connectivity index (χ0) is 26.6. The van der Waals surface area contributed by atoms with Crippen LogP contribution in [0.25, 0.3) is 0 Å². The zero-order valence-electron chi connectivity index (χ0n) is 20.5. The Morgan fingerprint density at radius 1 is 1.19 bits per heavy atom. The van der Waals surface area contributed by atoms with Crippen molar-refractivity contribution < 1.29 is 40.2 Å². The third kappa shape index (κ3) is 7.08. The van der Waals surface area contributed by atoms with E-state index >= 15 is 0 Å². The summed E-state index contributed by atoms with van der Waals surface area (Å²) >= 11 is 0. The molecule has 2 aliphatic rings. The highest BCUT2D eigenvalue weighted by atomic mass is 32.2. The molecule has 0 radical (unpaired) electrons. The summed E-state index contributed by atoms with van der Waals surface area (Å²) in [5.74, 6) is -1.09. The van der Waals surface area contributed by atoms with Crippen molar-refractivity contribution in [3.63, 3.8) is 0 Å². The summed E-state index contributed by atoms with van der Waals surface area (Å²) < 4.78 is 92.1. The molecular formula is C23H33F4N3O5S. The number of amides is 1. The molecule has 0 bridgehead atoms. The van der Waals surface area contributed by atoms with Crippen LogP contribution in [-0.4, -0.2) is 81.7 Å². The van der Waals surface area contributed by atoms with E-state index in [0.29, 0.717) is 31.2 Å². The van der Waals surface area contributed by atoms with Gasteiger partial charge in [-0.2, -0.15) is 17.4 Å². The lowest BCUT2D eigenvalue weighted by molar-refractivity contribution is -0.0172. The van der Waals surface area contributed by atoms with Gasteiger partial charge in [0, 0.05) is 26.2 Å². The van der Waals surface area contributed by atoms with Crippen LogP contribution in [-0.2, 0) is 19.7 Å². The van der Waals surface area contributed by atoms with Gasteiger partial charge in [-0.3, -0.25) is 4.90 Å². The maximum atomic E-state index is 14.2. The van der Waals surface area contributed by atoms with E-state index in [1.165, 1.54) is 25.1 Å². The first-order chi connectivity index (χ1) is 16.9. The topological polar surface area (TPSA) is 88.2 Å². The number of hydrogen-bond acceptors (Lipinski definition) is 5. The van der Waals surface area contributed by atoms with Gasteiger partial charge in [0.15, 0.2) is 6.61 Å². The Balaban J connectivity index is 1.66. The Morgan fingerprint density at radius 3 is 2.47 bits per heavy atom. The van der Waals surface area contributed by atoms with Gasteiger partial charge in [-0.1, -0.05) is 0 Å². The Hall–Kier alpha value is -1.96. The van der Waals surface area contributed by atoms with Crippen LogP contribution in [0.5, 0.6) is 0 Å². The highest BCUT2D eigenvalue weighted by Gasteiger charge is 2.45. The van der Waals surface area contributed by atoms with Crippen LogP contribution < -0.4 is 4.72 Å². The van der Waals surface area contributed by atoms with Gasteiger partial charge in [-0.25, -0.2) is 22.4 Å². The highest BCUT2D eigenvalue weighted by molar-refractivity contribution is 7.87. The molecule has 0 spiro atoms. The fourth-order valence-electron chi connectivity index (χ4n) is 4.91. The Labute approximate surface area is 209 Å². The number of likely N-dealkylation sites (tertiary alicyclic amines) is 1. The van der Waals surface area contributed by atoms with E-state index < -0.39 is 59.1 Å². The van der Waals surface area contributed by atoms with Crippen molar-refractivity contribution in [1.29, 1.82) is 0 Å². The van der Waals surface area contributed by atoms with Crippen molar-refractivity contribution in [3.8, 4) is 0 Å². The van der Waals surface area contributed by atoms with Crippen LogP contribution in [0, 0.1) is 11.6 Å². The molecule has 3 rings (SSSR count). The number of halogens is 4. The van der Waals surface area contributed by atoms with Crippen LogP contribution in [0.2, 0.25) is 0 Å². The Morgan fingerprint density at radius 2 is 1.86 bits per heavy atom. The van der Waals surface area contributed by atoms with Crippen molar-refractivity contribution in [3.05, 3.63) is 35.4 Å². The number of rotatable bonds is 9. The number of nitrogens with zero attached hydrogens (tertiary/aromatic N) is 2. The lowest BCUT2D eigenvalue weighted by atomic mass is 9.82. The van der Waals surface area contributed by atoms with Gasteiger partial charge in [-0.15, -0.1) is 0 Å². The molecule has 1 aromatic rings. The minimum absolute atomic E-state index is 0.0433. The number of ether oxygens (including phenoxy) is 2. The van der Waals surface area contributed by atoms with Crippen molar-refractivity contribution >= 4 is 16.3 Å². The van der Waals surface area contributed by atoms with Gasteiger partial charge in [0.05, 0.1) is 18.8 Å². The molecular weight excluding hydrogens is 506 g/mol. The first-order valence-electron chi connectivity index (χ1n) is 11.9. The second-order valence-corrected chi connectivity index (χ2v) is 11.4. The van der Waals surface area contributed by atoms with E-state index in [9.17, 15) is 30.8 Å². The number of alkyl halides is 2. The molecule has 2 fully saturated rings. The number of benzene rings is 1. The third-order valence-electron chi connectivity index (χ3n) is 6.79. The van der Waals surface area contributed by atoms with Crippen molar-refractivity contribution in [2.24, 2.45) is 0 Å². The zero-order valence-corrected chi connectivity index (χ0v) is 21.3. The summed E-state index contributed by atoms with van der Waals surface area (Å²) in [5, 5.41) is 0. The molecule has 1 aromatic carbocycles. The lowest BCUT2D eigenvalue weighted by Gasteiger charge is -2.33. The number of nitrogens with one attached hydrogen (secondary N) is 1. The molecule has 3 atom stereocenters. The predicted octanol–water partition coefficient (Wildman–Crippen LogP) is 3.64. The molecule has 36 heavy (non-hydrogen) atoms. The Bertz CT molecular complexity index is 1010. The molecule has 1 aliphatic heterocycles. The first-order valence-corrected chi connectivity index (χ1v) is 13.3. The number of carbonyl (C=O) groups excluding carboxylic acids is 1. The summed E-state index contributed by atoms with van der Waals surface area (Å²) in [7, 11) is -1.11. The molecule has 13 heteroatoms. The lowest BCUT2D eigenvalue weighted by Crippen LogP contribution is -2.52. The predicted molar refractivity (Wildman–Crippen MR) is 124 cm³/mol. The van der Waals surface area contributed by atoms with Crippen molar-refractivity contribution in [1.82, 2.24) is 13.9 Å². The smallest absolute Gasteiger partial charge is 0.410 e. The highest BCUT2D eigenvalue weighted by Crippen LogP contribution is 2.36. The van der Waals surface area contributed by atoms with E-state index in [0.717, 1.165) is 16.4 Å². The molecule has 1 heterocycles. The average Bonchev–Trinajstić information content (AvgIpc) is 3.11. The van der Waals surface area contributed by atoms with Gasteiger partial charge in [0.25, 0.3) is 16.6 Å². The minimum atomic E-state index is -3.84. The SMILES string of the molecule is C[C@@H]1C[C@H](NS(=O)(=O)N(C)C)[C@H](COC2CCC(c3cc(F)ccc3F)CC2)N1C(=O)OCC(F)F. The summed E-state index contributed by atoms with van der Waals surface area (Å²) in [4.78, 5) is 13.8. The van der Waals surface area contributed by atoms with Crippen molar-refractivity contribution in [2.45, 2.75) is 75.6 Å². The van der Waals surface area contributed by atoms with E-state index in [1.54, 1.807) is 6.92 Å². The molecule has 1 saturated carbocycles. The van der Waals surface area contributed by atoms with E-state index in [-0.39, 0.29) is 25.0 Å². The van der Waals surface area contributed by atoms with E-state index in [4.69, 9.17) is 9.47 Å². The monoisotopic (exact) mass is 539 g/mol. The van der Waals surface area contributed by atoms with Crippen LogP contribution in [0.4, 0.5) is 22.4 Å². The number of carbonyl (C=O) groups is 1. The number of hydrogen-bond donors (Lipinski definition) is 1. The Kier molecular flexibility index (Phi) is 9.58. The van der Waals surface area contributed by atoms with Crippen molar-refractivity contribution in [2.75, 3.05) is 27.3 Å². The second kappa shape index (κ2) is 12.1. The van der Waals surface area contributed by atoms with Gasteiger partial charge in [0.2, 0.25) is 0 Å². The normalized spacial score (nSPS) is 27.1. The molecule has 0 aromatic heterocycles. The van der Waals surface area contributed by atoms with Crippen LogP contribution >= 0.6 is 0 Å². The van der Waals surface area contributed by atoms with Crippen LogP contribution in [0.15, 0.2) is 18.2 Å². The maximum absolute atomic E-state index is 14.2.